The lowest BCUT2D eigenvalue weighted by atomic mass is 10.2. The van der Waals surface area contributed by atoms with Crippen LogP contribution < -0.4 is 9.47 Å². The number of quaternary nitrogens is 1. The molecule has 0 amide bonds. The minimum Gasteiger partial charge on any atom is -0.489 e. The highest BCUT2D eigenvalue weighted by Gasteiger charge is 2.20. The molecule has 0 spiro atoms. The van der Waals surface area contributed by atoms with Crippen LogP contribution in [0.3, 0.4) is 0 Å². The Labute approximate surface area is 175 Å². The Balaban J connectivity index is 1.96. The monoisotopic (exact) mass is 441 g/mol. The van der Waals surface area contributed by atoms with Gasteiger partial charge >= 0.3 is 16.1 Å². The number of rotatable bonds is 12. The minimum atomic E-state index is -4.49. The van der Waals surface area contributed by atoms with Gasteiger partial charge in [-0.3, -0.25) is 14.7 Å². The zero-order chi connectivity index (χ0) is 22.2. The van der Waals surface area contributed by atoms with Crippen molar-refractivity contribution in [1.82, 2.24) is 0 Å². The molecule has 30 heavy (non-hydrogen) atoms. The second-order valence-electron chi connectivity index (χ2n) is 7.14. The Bertz CT molecular complexity index is 948. The van der Waals surface area contributed by atoms with Crippen molar-refractivity contribution in [2.75, 3.05) is 40.4 Å². The summed E-state index contributed by atoms with van der Waals surface area (Å²) in [6.45, 7) is 0.957. The third-order valence-electron chi connectivity index (χ3n) is 4.26. The largest absolute Gasteiger partial charge is 0.489 e. The summed E-state index contributed by atoms with van der Waals surface area (Å²) in [6, 6.07) is 13.8. The Kier molecular flexibility index (Phi) is 8.12. The molecule has 1 N–H and O–H groups in total. The molecule has 0 aromatic heterocycles. The number of ether oxygens (including phenoxy) is 2. The van der Waals surface area contributed by atoms with Crippen LogP contribution in [-0.2, 0) is 21.2 Å². The highest BCUT2D eigenvalue weighted by Crippen LogP contribution is 2.31. The summed E-state index contributed by atoms with van der Waals surface area (Å²) in [5.41, 5.74) is 0.784. The van der Waals surface area contributed by atoms with E-state index in [2.05, 4.69) is 4.18 Å². The van der Waals surface area contributed by atoms with Gasteiger partial charge in [0.15, 0.2) is 0 Å². The highest BCUT2D eigenvalue weighted by molar-refractivity contribution is 7.80. The number of likely N-dealkylation sites (N-methyl/N-ethyl adjacent to an activating group) is 1. The van der Waals surface area contributed by atoms with Gasteiger partial charge in [0, 0.05) is 12.1 Å². The molecule has 0 unspecified atom stereocenters. The van der Waals surface area contributed by atoms with Crippen LogP contribution in [0.1, 0.15) is 5.56 Å². The Hall–Kier alpha value is -2.73. The first-order valence-corrected chi connectivity index (χ1v) is 10.4. The SMILES string of the molecule is C[N+](C)(CCOc1cc(OCc2ccccc2)ccc1[N+](=O)[O-])CCOS(=O)(=O)O. The van der Waals surface area contributed by atoms with Crippen LogP contribution in [0, 0.1) is 10.1 Å². The molecule has 10 nitrogen and oxygen atoms in total. The zero-order valence-corrected chi connectivity index (χ0v) is 17.6. The predicted octanol–water partition coefficient (Wildman–Crippen LogP) is 2.45. The van der Waals surface area contributed by atoms with Crippen molar-refractivity contribution in [3.05, 3.63) is 64.2 Å². The number of nitrogens with zero attached hydrogens (tertiary/aromatic N) is 2. The van der Waals surface area contributed by atoms with E-state index in [4.69, 9.17) is 14.0 Å². The molecule has 0 radical (unpaired) electrons. The second-order valence-corrected chi connectivity index (χ2v) is 8.23. The smallest absolute Gasteiger partial charge is 0.397 e. The van der Waals surface area contributed by atoms with Crippen LogP contribution >= 0.6 is 0 Å². The van der Waals surface area contributed by atoms with Crippen molar-refractivity contribution in [3.63, 3.8) is 0 Å². The first-order valence-electron chi connectivity index (χ1n) is 9.07. The molecule has 0 aliphatic rings. The summed E-state index contributed by atoms with van der Waals surface area (Å²) in [5, 5.41) is 11.3. The van der Waals surface area contributed by atoms with Crippen LogP contribution in [-0.4, -0.2) is 62.8 Å². The molecular formula is C19H25N2O8S+. The summed E-state index contributed by atoms with van der Waals surface area (Å²) in [7, 11) is -0.866. The first kappa shape index (κ1) is 23.5. The minimum absolute atomic E-state index is 0.0831. The van der Waals surface area contributed by atoms with Gasteiger partial charge < -0.3 is 14.0 Å². The third kappa shape index (κ3) is 8.33. The summed E-state index contributed by atoms with van der Waals surface area (Å²) in [6.07, 6.45) is 0. The van der Waals surface area contributed by atoms with E-state index in [-0.39, 0.29) is 31.2 Å². The fourth-order valence-electron chi connectivity index (χ4n) is 2.50. The van der Waals surface area contributed by atoms with E-state index in [0.29, 0.717) is 23.4 Å². The Morgan fingerprint density at radius 3 is 2.33 bits per heavy atom. The van der Waals surface area contributed by atoms with Crippen LogP contribution in [0.4, 0.5) is 5.69 Å². The molecule has 2 rings (SSSR count). The van der Waals surface area contributed by atoms with Gasteiger partial charge in [-0.15, -0.1) is 0 Å². The summed E-state index contributed by atoms with van der Waals surface area (Å²) in [5.74, 6) is 0.523. The normalized spacial score (nSPS) is 11.8. The van der Waals surface area contributed by atoms with Crippen molar-refractivity contribution >= 4 is 16.1 Å². The summed E-state index contributed by atoms with van der Waals surface area (Å²) in [4.78, 5) is 10.8. The maximum absolute atomic E-state index is 11.3. The van der Waals surface area contributed by atoms with Crippen molar-refractivity contribution in [2.45, 2.75) is 6.61 Å². The first-order chi connectivity index (χ1) is 14.1. The van der Waals surface area contributed by atoms with Gasteiger partial charge in [0.1, 0.15) is 38.7 Å². The number of hydrogen-bond donors (Lipinski definition) is 1. The molecule has 11 heteroatoms. The molecule has 0 atom stereocenters. The number of nitro groups is 1. The van der Waals surface area contributed by atoms with E-state index < -0.39 is 15.3 Å². The van der Waals surface area contributed by atoms with Crippen LogP contribution in [0.25, 0.3) is 0 Å². The lowest BCUT2D eigenvalue weighted by molar-refractivity contribution is -0.890. The molecule has 2 aromatic rings. The molecule has 0 saturated carbocycles. The van der Waals surface area contributed by atoms with Gasteiger partial charge in [-0.1, -0.05) is 30.3 Å². The van der Waals surface area contributed by atoms with E-state index in [0.717, 1.165) is 5.56 Å². The molecule has 0 fully saturated rings. The topological polar surface area (TPSA) is 125 Å². The number of benzene rings is 2. The van der Waals surface area contributed by atoms with Crippen molar-refractivity contribution in [2.24, 2.45) is 0 Å². The average Bonchev–Trinajstić information content (AvgIpc) is 2.65. The fourth-order valence-corrected chi connectivity index (χ4v) is 2.78. The lowest BCUT2D eigenvalue weighted by Crippen LogP contribution is -2.45. The van der Waals surface area contributed by atoms with Crippen molar-refractivity contribution < 1.29 is 36.0 Å². The Morgan fingerprint density at radius 2 is 1.70 bits per heavy atom. The van der Waals surface area contributed by atoms with Gasteiger partial charge in [-0.05, 0) is 11.6 Å². The van der Waals surface area contributed by atoms with Crippen LogP contribution in [0.2, 0.25) is 0 Å². The van der Waals surface area contributed by atoms with Crippen molar-refractivity contribution in [1.29, 1.82) is 0 Å². The molecule has 0 aliphatic carbocycles. The van der Waals surface area contributed by atoms with Gasteiger partial charge in [0.25, 0.3) is 0 Å². The van der Waals surface area contributed by atoms with Crippen LogP contribution in [0.15, 0.2) is 48.5 Å². The molecule has 0 saturated heterocycles. The molecule has 0 bridgehead atoms. The summed E-state index contributed by atoms with van der Waals surface area (Å²) >= 11 is 0. The Morgan fingerprint density at radius 1 is 1.03 bits per heavy atom. The fraction of sp³-hybridized carbons (Fsp3) is 0.368. The quantitative estimate of drug-likeness (QED) is 0.230. The molecule has 164 valence electrons. The molecule has 0 heterocycles. The standard InChI is InChI=1S/C19H24N2O8S/c1-21(2,11-13-29-30(24,25)26)10-12-27-19-14-17(8-9-18(19)20(22)23)28-15-16-6-4-3-5-7-16/h3-9,14H,10-13,15H2,1-2H3/p+1. The highest BCUT2D eigenvalue weighted by atomic mass is 32.3. The average molecular weight is 441 g/mol. The van der Waals surface area contributed by atoms with E-state index >= 15 is 0 Å². The molecule has 0 aliphatic heterocycles. The summed E-state index contributed by atoms with van der Waals surface area (Å²) < 4.78 is 45.8. The zero-order valence-electron chi connectivity index (χ0n) is 16.8. The predicted molar refractivity (Wildman–Crippen MR) is 109 cm³/mol. The van der Waals surface area contributed by atoms with Crippen molar-refractivity contribution in [3.8, 4) is 11.5 Å². The number of hydrogen-bond acceptors (Lipinski definition) is 7. The lowest BCUT2D eigenvalue weighted by Gasteiger charge is -2.29. The van der Waals surface area contributed by atoms with Gasteiger partial charge in [0.05, 0.1) is 19.0 Å². The van der Waals surface area contributed by atoms with E-state index in [1.807, 2.05) is 44.4 Å². The van der Waals surface area contributed by atoms with Gasteiger partial charge in [-0.25, -0.2) is 4.18 Å². The van der Waals surface area contributed by atoms with Gasteiger partial charge in [0.2, 0.25) is 5.75 Å². The van der Waals surface area contributed by atoms with E-state index in [9.17, 15) is 18.5 Å². The second kappa shape index (κ2) is 10.3. The van der Waals surface area contributed by atoms with E-state index in [1.165, 1.54) is 18.2 Å². The van der Waals surface area contributed by atoms with E-state index in [1.54, 1.807) is 0 Å². The van der Waals surface area contributed by atoms with Crippen LogP contribution in [0.5, 0.6) is 11.5 Å². The maximum atomic E-state index is 11.3. The molecule has 2 aromatic carbocycles. The third-order valence-corrected chi connectivity index (χ3v) is 4.72. The van der Waals surface area contributed by atoms with Gasteiger partial charge in [-0.2, -0.15) is 8.42 Å². The number of nitro benzene ring substituents is 1. The molecular weight excluding hydrogens is 416 g/mol. The maximum Gasteiger partial charge on any atom is 0.397 e.